The van der Waals surface area contributed by atoms with E-state index in [1.165, 1.54) is 44.1 Å². The third kappa shape index (κ3) is 1.93. The number of allylic oxidation sites excluding steroid dienone is 4. The largest absolute Gasteiger partial charge is 0.389 e. The molecule has 6 atom stereocenters. The van der Waals surface area contributed by atoms with E-state index in [0.29, 0.717) is 5.41 Å². The predicted molar refractivity (Wildman–Crippen MR) is 86.8 cm³/mol. The number of hydrogen-bond donors (Lipinski definition) is 1. The van der Waals surface area contributed by atoms with Crippen molar-refractivity contribution in [2.75, 3.05) is 0 Å². The summed E-state index contributed by atoms with van der Waals surface area (Å²) < 4.78 is 0. The maximum absolute atomic E-state index is 9.91. The predicted octanol–water partition coefficient (Wildman–Crippen LogP) is 4.64. The van der Waals surface area contributed by atoms with E-state index < -0.39 is 0 Å². The number of hydrogen-bond acceptors (Lipinski definition) is 1. The summed E-state index contributed by atoms with van der Waals surface area (Å²) in [6.45, 7) is 6.54. The first kappa shape index (κ1) is 13.8. The molecule has 0 aromatic heterocycles. The van der Waals surface area contributed by atoms with E-state index in [-0.39, 0.29) is 6.10 Å². The van der Waals surface area contributed by atoms with E-state index in [4.69, 9.17) is 0 Å². The third-order valence-corrected chi connectivity index (χ3v) is 7.29. The fourth-order valence-electron chi connectivity index (χ4n) is 6.23. The zero-order valence-electron chi connectivity index (χ0n) is 13.2. The molecule has 1 N–H and O–H groups in total. The molecule has 114 valence electrons. The molecule has 0 aliphatic heterocycles. The molecule has 4 aliphatic carbocycles. The third-order valence-electron chi connectivity index (χ3n) is 7.29. The van der Waals surface area contributed by atoms with Crippen molar-refractivity contribution in [3.63, 3.8) is 0 Å². The molecule has 1 heteroatoms. The fraction of sp³-hybridized carbons (Fsp3) is 0.700. The van der Waals surface area contributed by atoms with Gasteiger partial charge in [0.2, 0.25) is 0 Å². The van der Waals surface area contributed by atoms with Gasteiger partial charge in [0.15, 0.2) is 0 Å². The van der Waals surface area contributed by atoms with Crippen LogP contribution in [0.15, 0.2) is 36.0 Å². The van der Waals surface area contributed by atoms with Crippen molar-refractivity contribution in [2.24, 2.45) is 29.1 Å². The van der Waals surface area contributed by atoms with Crippen LogP contribution < -0.4 is 0 Å². The molecule has 0 saturated heterocycles. The highest BCUT2D eigenvalue weighted by atomic mass is 16.3. The standard InChI is InChI=1S/C20H28O/c1-3-14-5-9-19-18-7-4-13-12-15(21)6-8-16(13)17(18)10-11-20(14,19)2/h3,5,12,15-19,21H,1,4,6-11H2,2H3/t15-,16-,17?,18?,19?,20+/m0/s1. The van der Waals surface area contributed by atoms with Gasteiger partial charge < -0.3 is 5.11 Å². The molecule has 0 aromatic rings. The SMILES string of the molecule is C=CC1=CCC2C3CCC4=C[C@@H](O)CC[C@@H]4C3CC[C@]12C. The second-order valence-corrected chi connectivity index (χ2v) is 8.02. The maximum Gasteiger partial charge on any atom is 0.0723 e. The Morgan fingerprint density at radius 3 is 2.90 bits per heavy atom. The molecule has 2 saturated carbocycles. The summed E-state index contributed by atoms with van der Waals surface area (Å²) in [6, 6.07) is 0. The minimum Gasteiger partial charge on any atom is -0.389 e. The lowest BCUT2D eigenvalue weighted by atomic mass is 9.51. The van der Waals surface area contributed by atoms with Crippen LogP contribution in [-0.2, 0) is 0 Å². The molecule has 0 spiro atoms. The average Bonchev–Trinajstić information content (AvgIpc) is 2.83. The van der Waals surface area contributed by atoms with Crippen molar-refractivity contribution >= 4 is 0 Å². The van der Waals surface area contributed by atoms with E-state index in [2.05, 4.69) is 31.7 Å². The van der Waals surface area contributed by atoms with Crippen molar-refractivity contribution in [1.82, 2.24) is 0 Å². The van der Waals surface area contributed by atoms with Crippen molar-refractivity contribution in [3.8, 4) is 0 Å². The molecule has 3 unspecified atom stereocenters. The highest BCUT2D eigenvalue weighted by Crippen LogP contribution is 2.62. The molecule has 21 heavy (non-hydrogen) atoms. The van der Waals surface area contributed by atoms with E-state index in [9.17, 15) is 5.11 Å². The van der Waals surface area contributed by atoms with Crippen LogP contribution in [0.1, 0.15) is 51.9 Å². The number of aliphatic hydroxyl groups is 1. The first-order valence-corrected chi connectivity index (χ1v) is 8.85. The van der Waals surface area contributed by atoms with Gasteiger partial charge in [-0.3, -0.25) is 0 Å². The number of rotatable bonds is 1. The van der Waals surface area contributed by atoms with E-state index >= 15 is 0 Å². The topological polar surface area (TPSA) is 20.2 Å². The van der Waals surface area contributed by atoms with Gasteiger partial charge in [0.05, 0.1) is 6.10 Å². The molecule has 4 aliphatic rings. The van der Waals surface area contributed by atoms with E-state index in [0.717, 1.165) is 30.1 Å². The monoisotopic (exact) mass is 284 g/mol. The van der Waals surface area contributed by atoms with E-state index in [1.807, 2.05) is 0 Å². The van der Waals surface area contributed by atoms with Gasteiger partial charge in [-0.1, -0.05) is 37.3 Å². The van der Waals surface area contributed by atoms with Gasteiger partial charge >= 0.3 is 0 Å². The maximum atomic E-state index is 9.91. The molecular formula is C20H28O. The molecule has 4 rings (SSSR count). The summed E-state index contributed by atoms with van der Waals surface area (Å²) in [5.41, 5.74) is 3.51. The zero-order valence-corrected chi connectivity index (χ0v) is 13.2. The Morgan fingerprint density at radius 1 is 1.24 bits per heavy atom. The van der Waals surface area contributed by atoms with Gasteiger partial charge in [-0.2, -0.15) is 0 Å². The highest BCUT2D eigenvalue weighted by molar-refractivity contribution is 5.33. The Balaban J connectivity index is 1.62. The summed E-state index contributed by atoms with van der Waals surface area (Å²) in [5.74, 6) is 3.41. The molecule has 1 nitrogen and oxygen atoms in total. The van der Waals surface area contributed by atoms with Crippen LogP contribution in [0.5, 0.6) is 0 Å². The second kappa shape index (κ2) is 4.84. The Morgan fingerprint density at radius 2 is 2.10 bits per heavy atom. The Bertz CT molecular complexity index is 514. The summed E-state index contributed by atoms with van der Waals surface area (Å²) in [5, 5.41) is 9.91. The Hall–Kier alpha value is -0.820. The Kier molecular flexibility index (Phi) is 3.19. The fourth-order valence-corrected chi connectivity index (χ4v) is 6.23. The summed E-state index contributed by atoms with van der Waals surface area (Å²) in [7, 11) is 0. The first-order valence-electron chi connectivity index (χ1n) is 8.85. The van der Waals surface area contributed by atoms with Crippen LogP contribution in [0.25, 0.3) is 0 Å². The average molecular weight is 284 g/mol. The highest BCUT2D eigenvalue weighted by Gasteiger charge is 2.52. The second-order valence-electron chi connectivity index (χ2n) is 8.02. The lowest BCUT2D eigenvalue weighted by Crippen LogP contribution is -2.45. The summed E-state index contributed by atoms with van der Waals surface area (Å²) in [6.07, 6.45) is 15.4. The molecule has 0 heterocycles. The minimum absolute atomic E-state index is 0.165. The normalized spacial score (nSPS) is 48.6. The molecular weight excluding hydrogens is 256 g/mol. The van der Waals surface area contributed by atoms with E-state index in [1.54, 1.807) is 5.57 Å². The molecule has 0 aromatic carbocycles. The van der Waals surface area contributed by atoms with Crippen LogP contribution in [0.2, 0.25) is 0 Å². The van der Waals surface area contributed by atoms with Crippen LogP contribution in [0.3, 0.4) is 0 Å². The number of fused-ring (bicyclic) bond motifs is 5. The molecule has 0 radical (unpaired) electrons. The van der Waals surface area contributed by atoms with Crippen molar-refractivity contribution in [3.05, 3.63) is 36.0 Å². The van der Waals surface area contributed by atoms with Crippen LogP contribution in [0, 0.1) is 29.1 Å². The zero-order chi connectivity index (χ0) is 14.6. The smallest absolute Gasteiger partial charge is 0.0723 e. The van der Waals surface area contributed by atoms with Crippen LogP contribution >= 0.6 is 0 Å². The van der Waals surface area contributed by atoms with Gasteiger partial charge in [0.1, 0.15) is 0 Å². The van der Waals surface area contributed by atoms with Crippen molar-refractivity contribution < 1.29 is 5.11 Å². The minimum atomic E-state index is -0.165. The lowest BCUT2D eigenvalue weighted by Gasteiger charge is -2.53. The van der Waals surface area contributed by atoms with Gasteiger partial charge in [0, 0.05) is 0 Å². The molecule has 0 bridgehead atoms. The van der Waals surface area contributed by atoms with Gasteiger partial charge in [-0.15, -0.1) is 0 Å². The Labute approximate surface area is 128 Å². The quantitative estimate of drug-likeness (QED) is 0.695. The van der Waals surface area contributed by atoms with Gasteiger partial charge in [-0.25, -0.2) is 0 Å². The van der Waals surface area contributed by atoms with Crippen LogP contribution in [0.4, 0.5) is 0 Å². The first-order chi connectivity index (χ1) is 10.1. The summed E-state index contributed by atoms with van der Waals surface area (Å²) in [4.78, 5) is 0. The van der Waals surface area contributed by atoms with Crippen molar-refractivity contribution in [2.45, 2.75) is 58.0 Å². The van der Waals surface area contributed by atoms with Gasteiger partial charge in [0.25, 0.3) is 0 Å². The lowest BCUT2D eigenvalue weighted by molar-refractivity contribution is 0.00590. The molecule has 0 amide bonds. The van der Waals surface area contributed by atoms with Gasteiger partial charge in [-0.05, 0) is 79.6 Å². The van der Waals surface area contributed by atoms with Crippen molar-refractivity contribution in [1.29, 1.82) is 0 Å². The number of aliphatic hydroxyl groups excluding tert-OH is 1. The van der Waals surface area contributed by atoms with Crippen LogP contribution in [-0.4, -0.2) is 11.2 Å². The molecule has 2 fully saturated rings. The summed E-state index contributed by atoms with van der Waals surface area (Å²) >= 11 is 0.